The first-order chi connectivity index (χ1) is 10.2. The van der Waals surface area contributed by atoms with Gasteiger partial charge in [-0.25, -0.2) is 0 Å². The van der Waals surface area contributed by atoms with Gasteiger partial charge < -0.3 is 10.6 Å². The number of rotatable bonds is 4. The van der Waals surface area contributed by atoms with Crippen molar-refractivity contribution in [3.05, 3.63) is 58.4 Å². The zero-order chi connectivity index (χ0) is 14.8. The van der Waals surface area contributed by atoms with Crippen molar-refractivity contribution in [3.63, 3.8) is 0 Å². The van der Waals surface area contributed by atoms with Gasteiger partial charge >= 0.3 is 5.69 Å². The van der Waals surface area contributed by atoms with Crippen LogP contribution in [0.1, 0.15) is 17.9 Å². The van der Waals surface area contributed by atoms with Crippen molar-refractivity contribution in [2.24, 2.45) is 5.73 Å². The lowest BCUT2D eigenvalue weighted by Crippen LogP contribution is -2.18. The molecule has 6 nitrogen and oxygen atoms in total. The van der Waals surface area contributed by atoms with E-state index in [1.54, 1.807) is 12.3 Å². The van der Waals surface area contributed by atoms with E-state index in [1.165, 1.54) is 11.8 Å². The zero-order valence-electron chi connectivity index (χ0n) is 11.5. The molecule has 1 aliphatic rings. The summed E-state index contributed by atoms with van der Waals surface area (Å²) in [6, 6.07) is 9.70. The van der Waals surface area contributed by atoms with Gasteiger partial charge in [-0.1, -0.05) is 18.2 Å². The molecule has 1 aromatic heterocycles. The van der Waals surface area contributed by atoms with Gasteiger partial charge in [-0.05, 0) is 30.7 Å². The van der Waals surface area contributed by atoms with Gasteiger partial charge in [0, 0.05) is 24.3 Å². The third-order valence-electron chi connectivity index (χ3n) is 3.85. The third kappa shape index (κ3) is 2.34. The first kappa shape index (κ1) is 13.5. The maximum Gasteiger partial charge on any atom is 0.310 e. The van der Waals surface area contributed by atoms with Crippen LogP contribution in [0.4, 0.5) is 17.1 Å². The summed E-state index contributed by atoms with van der Waals surface area (Å²) < 4.78 is 0. The fourth-order valence-electron chi connectivity index (χ4n) is 2.92. The van der Waals surface area contributed by atoms with E-state index in [0.29, 0.717) is 24.7 Å². The van der Waals surface area contributed by atoms with Crippen LogP contribution < -0.4 is 10.6 Å². The molecule has 2 aromatic rings. The maximum absolute atomic E-state index is 11.2. The number of hydrogen-bond donors (Lipinski definition) is 1. The first-order valence-corrected chi connectivity index (χ1v) is 6.87. The van der Waals surface area contributed by atoms with Gasteiger partial charge in [0.15, 0.2) is 0 Å². The molecule has 1 aliphatic heterocycles. The molecule has 0 saturated heterocycles. The Balaban J connectivity index is 2.07. The number of benzene rings is 1. The SMILES string of the molecule is NCCC1CN(c2ccncc2[N+](=O)[O-])c2ccccc21. The average Bonchev–Trinajstić information content (AvgIpc) is 2.87. The van der Waals surface area contributed by atoms with Crippen LogP contribution in [0, 0.1) is 10.1 Å². The Labute approximate surface area is 122 Å². The number of hydrogen-bond acceptors (Lipinski definition) is 5. The molecule has 0 amide bonds. The summed E-state index contributed by atoms with van der Waals surface area (Å²) in [4.78, 5) is 16.7. The standard InChI is InChI=1S/C15H16N4O2/c16-7-5-11-10-18(13-4-2-1-3-12(11)13)14-6-8-17-9-15(14)19(20)21/h1-4,6,8-9,11H,5,7,10,16H2. The fraction of sp³-hybridized carbons (Fsp3) is 0.267. The Morgan fingerprint density at radius 3 is 2.90 bits per heavy atom. The van der Waals surface area contributed by atoms with E-state index in [9.17, 15) is 10.1 Å². The molecule has 1 unspecified atom stereocenters. The van der Waals surface area contributed by atoms with Crippen LogP contribution >= 0.6 is 0 Å². The van der Waals surface area contributed by atoms with Gasteiger partial charge in [0.1, 0.15) is 11.9 Å². The van der Waals surface area contributed by atoms with Gasteiger partial charge in [-0.15, -0.1) is 0 Å². The molecule has 108 valence electrons. The highest BCUT2D eigenvalue weighted by Crippen LogP contribution is 2.44. The van der Waals surface area contributed by atoms with Crippen molar-refractivity contribution in [2.75, 3.05) is 18.0 Å². The molecule has 1 aromatic carbocycles. The van der Waals surface area contributed by atoms with Gasteiger partial charge in [0.25, 0.3) is 0 Å². The second kappa shape index (κ2) is 5.49. The number of anilines is 2. The van der Waals surface area contributed by atoms with E-state index in [-0.39, 0.29) is 10.6 Å². The van der Waals surface area contributed by atoms with Crippen molar-refractivity contribution in [3.8, 4) is 0 Å². The van der Waals surface area contributed by atoms with Crippen molar-refractivity contribution in [1.29, 1.82) is 0 Å². The van der Waals surface area contributed by atoms with Crippen LogP contribution in [0.2, 0.25) is 0 Å². The number of aromatic nitrogens is 1. The Kier molecular flexibility index (Phi) is 3.53. The largest absolute Gasteiger partial charge is 0.335 e. The third-order valence-corrected chi connectivity index (χ3v) is 3.85. The van der Waals surface area contributed by atoms with Crippen molar-refractivity contribution in [1.82, 2.24) is 4.98 Å². The van der Waals surface area contributed by atoms with E-state index in [1.807, 2.05) is 23.1 Å². The van der Waals surface area contributed by atoms with Gasteiger partial charge in [0.2, 0.25) is 0 Å². The monoisotopic (exact) mass is 284 g/mol. The van der Waals surface area contributed by atoms with Crippen molar-refractivity contribution in [2.45, 2.75) is 12.3 Å². The number of nitro groups is 1. The van der Waals surface area contributed by atoms with E-state index in [0.717, 1.165) is 12.1 Å². The van der Waals surface area contributed by atoms with Crippen molar-refractivity contribution < 1.29 is 4.92 Å². The minimum atomic E-state index is -0.388. The minimum absolute atomic E-state index is 0.0284. The van der Waals surface area contributed by atoms with Gasteiger partial charge in [0.05, 0.1) is 4.92 Å². The quantitative estimate of drug-likeness (QED) is 0.689. The summed E-state index contributed by atoms with van der Waals surface area (Å²) in [5.74, 6) is 0.305. The molecule has 0 spiro atoms. The molecule has 0 radical (unpaired) electrons. The minimum Gasteiger partial charge on any atom is -0.335 e. The zero-order valence-corrected chi connectivity index (χ0v) is 11.5. The highest BCUT2D eigenvalue weighted by Gasteiger charge is 2.32. The Morgan fingerprint density at radius 1 is 1.33 bits per heavy atom. The fourth-order valence-corrected chi connectivity index (χ4v) is 2.92. The highest BCUT2D eigenvalue weighted by molar-refractivity contribution is 5.76. The molecular weight excluding hydrogens is 268 g/mol. The molecule has 0 fully saturated rings. The average molecular weight is 284 g/mol. The van der Waals surface area contributed by atoms with Crippen LogP contribution in [-0.4, -0.2) is 23.0 Å². The second-order valence-corrected chi connectivity index (χ2v) is 5.07. The Bertz CT molecular complexity index is 674. The molecule has 2 heterocycles. The molecule has 0 aliphatic carbocycles. The smallest absolute Gasteiger partial charge is 0.310 e. The maximum atomic E-state index is 11.2. The summed E-state index contributed by atoms with van der Waals surface area (Å²) >= 11 is 0. The number of fused-ring (bicyclic) bond motifs is 1. The predicted octanol–water partition coefficient (Wildman–Crippen LogP) is 2.57. The molecule has 3 rings (SSSR count). The first-order valence-electron chi connectivity index (χ1n) is 6.87. The molecule has 6 heteroatoms. The number of nitrogens with zero attached hydrogens (tertiary/aromatic N) is 3. The van der Waals surface area contributed by atoms with Gasteiger partial charge in [-0.2, -0.15) is 0 Å². The lowest BCUT2D eigenvalue weighted by molar-refractivity contribution is -0.384. The Morgan fingerprint density at radius 2 is 2.14 bits per heavy atom. The van der Waals surface area contributed by atoms with Crippen LogP contribution in [0.3, 0.4) is 0 Å². The lowest BCUT2D eigenvalue weighted by Gasteiger charge is -2.19. The summed E-state index contributed by atoms with van der Waals surface area (Å²) in [7, 11) is 0. The Hall–Kier alpha value is -2.47. The van der Waals surface area contributed by atoms with E-state index in [4.69, 9.17) is 5.73 Å². The summed E-state index contributed by atoms with van der Waals surface area (Å²) in [5, 5.41) is 11.2. The van der Waals surface area contributed by atoms with Gasteiger partial charge in [-0.3, -0.25) is 15.1 Å². The normalized spacial score (nSPS) is 16.8. The summed E-state index contributed by atoms with van der Waals surface area (Å²) in [6.07, 6.45) is 3.75. The van der Waals surface area contributed by atoms with Crippen LogP contribution in [-0.2, 0) is 0 Å². The molecule has 21 heavy (non-hydrogen) atoms. The lowest BCUT2D eigenvalue weighted by atomic mass is 9.98. The van der Waals surface area contributed by atoms with Crippen molar-refractivity contribution >= 4 is 17.1 Å². The predicted molar refractivity (Wildman–Crippen MR) is 80.8 cm³/mol. The summed E-state index contributed by atoms with van der Waals surface area (Å²) in [6.45, 7) is 1.31. The van der Waals surface area contributed by atoms with Crippen LogP contribution in [0.15, 0.2) is 42.7 Å². The molecule has 1 atom stereocenters. The molecule has 2 N–H and O–H groups in total. The second-order valence-electron chi connectivity index (χ2n) is 5.07. The van der Waals surface area contributed by atoms with Crippen LogP contribution in [0.25, 0.3) is 0 Å². The number of para-hydroxylation sites is 1. The number of nitrogens with two attached hydrogens (primary N) is 1. The van der Waals surface area contributed by atoms with E-state index >= 15 is 0 Å². The molecule has 0 saturated carbocycles. The highest BCUT2D eigenvalue weighted by atomic mass is 16.6. The van der Waals surface area contributed by atoms with Crippen LogP contribution in [0.5, 0.6) is 0 Å². The molecule has 0 bridgehead atoms. The summed E-state index contributed by atoms with van der Waals surface area (Å²) in [5.41, 5.74) is 8.53. The molecular formula is C15H16N4O2. The topological polar surface area (TPSA) is 85.3 Å². The number of pyridine rings is 1. The van der Waals surface area contributed by atoms with E-state index in [2.05, 4.69) is 11.1 Å². The van der Waals surface area contributed by atoms with E-state index < -0.39 is 0 Å².